The van der Waals surface area contributed by atoms with Crippen LogP contribution in [0.3, 0.4) is 0 Å². The number of benzene rings is 1. The van der Waals surface area contributed by atoms with E-state index in [9.17, 15) is 0 Å². The second kappa shape index (κ2) is 8.21. The van der Waals surface area contributed by atoms with Crippen molar-refractivity contribution in [1.82, 2.24) is 15.0 Å². The minimum atomic E-state index is 0.365. The van der Waals surface area contributed by atoms with Crippen molar-refractivity contribution in [3.8, 4) is 0 Å². The maximum absolute atomic E-state index is 5.44. The van der Waals surface area contributed by atoms with Gasteiger partial charge in [-0.15, -0.1) is 0 Å². The summed E-state index contributed by atoms with van der Waals surface area (Å²) in [5.41, 5.74) is 1.27. The van der Waals surface area contributed by atoms with E-state index in [1.165, 1.54) is 16.5 Å². The van der Waals surface area contributed by atoms with E-state index >= 15 is 0 Å². The van der Waals surface area contributed by atoms with Gasteiger partial charge in [0.15, 0.2) is 0 Å². The number of rotatable bonds is 4. The predicted octanol–water partition coefficient (Wildman–Crippen LogP) is 2.94. The van der Waals surface area contributed by atoms with Crippen molar-refractivity contribution in [3.05, 3.63) is 49.1 Å². The van der Waals surface area contributed by atoms with Crippen molar-refractivity contribution >= 4 is 28.1 Å². The number of ether oxygens (including phenoxy) is 1. The summed E-state index contributed by atoms with van der Waals surface area (Å²) in [7, 11) is 0. The number of aromatic nitrogens is 3. The zero-order valence-electron chi connectivity index (χ0n) is 16.5. The van der Waals surface area contributed by atoms with E-state index < -0.39 is 0 Å². The Morgan fingerprint density at radius 3 is 2.83 bits per heavy atom. The van der Waals surface area contributed by atoms with E-state index in [2.05, 4.69) is 60.4 Å². The first-order chi connectivity index (χ1) is 14.3. The zero-order valence-corrected chi connectivity index (χ0v) is 16.5. The molecule has 0 spiro atoms. The largest absolute Gasteiger partial charge is 0.378 e. The normalized spacial score (nSPS) is 20.1. The minimum Gasteiger partial charge on any atom is -0.378 e. The third-order valence-corrected chi connectivity index (χ3v) is 5.75. The Labute approximate surface area is 170 Å². The average molecular weight is 390 g/mol. The van der Waals surface area contributed by atoms with Crippen molar-refractivity contribution in [1.29, 1.82) is 0 Å². The Bertz CT molecular complexity index is 974. The number of morpholine rings is 1. The van der Waals surface area contributed by atoms with Gasteiger partial charge in [-0.3, -0.25) is 4.98 Å². The summed E-state index contributed by atoms with van der Waals surface area (Å²) < 4.78 is 5.44. The summed E-state index contributed by atoms with van der Waals surface area (Å²) >= 11 is 0. The lowest BCUT2D eigenvalue weighted by atomic mass is 10.0. The molecule has 0 unspecified atom stereocenters. The Morgan fingerprint density at radius 1 is 0.966 bits per heavy atom. The second-order valence-corrected chi connectivity index (χ2v) is 7.70. The molecule has 2 aromatic heterocycles. The minimum absolute atomic E-state index is 0.365. The molecule has 3 aromatic rings. The Balaban J connectivity index is 1.28. The monoisotopic (exact) mass is 390 g/mol. The topological polar surface area (TPSA) is 66.4 Å². The molecule has 2 aliphatic rings. The number of anilines is 3. The van der Waals surface area contributed by atoms with Crippen LogP contribution in [0.5, 0.6) is 0 Å². The van der Waals surface area contributed by atoms with Crippen LogP contribution in [-0.4, -0.2) is 60.4 Å². The fourth-order valence-corrected chi connectivity index (χ4v) is 4.20. The van der Waals surface area contributed by atoms with Gasteiger partial charge in [-0.05, 0) is 36.4 Å². The lowest BCUT2D eigenvalue weighted by molar-refractivity contribution is 0.122. The van der Waals surface area contributed by atoms with Crippen LogP contribution in [0.1, 0.15) is 12.8 Å². The number of hydrogen-bond acceptors (Lipinski definition) is 7. The molecule has 7 nitrogen and oxygen atoms in total. The maximum Gasteiger partial charge on any atom is 0.134 e. The molecule has 2 saturated heterocycles. The van der Waals surface area contributed by atoms with Crippen LogP contribution in [0, 0.1) is 0 Å². The highest BCUT2D eigenvalue weighted by molar-refractivity contribution is 5.85. The van der Waals surface area contributed by atoms with Gasteiger partial charge in [0, 0.05) is 61.8 Å². The highest BCUT2D eigenvalue weighted by Gasteiger charge is 2.21. The van der Waals surface area contributed by atoms with Crippen molar-refractivity contribution in [2.24, 2.45) is 0 Å². The van der Waals surface area contributed by atoms with E-state index in [0.29, 0.717) is 6.04 Å². The molecule has 29 heavy (non-hydrogen) atoms. The summed E-state index contributed by atoms with van der Waals surface area (Å²) in [6, 6.07) is 11.1. The quantitative estimate of drug-likeness (QED) is 0.735. The number of nitrogens with one attached hydrogen (secondary N) is 1. The lowest BCUT2D eigenvalue weighted by Gasteiger charge is -2.35. The number of nitrogens with zero attached hydrogens (tertiary/aromatic N) is 5. The number of fused-ring (bicyclic) bond motifs is 1. The lowest BCUT2D eigenvalue weighted by Crippen LogP contribution is -2.42. The standard InChI is InChI=1S/C22H26N6O/c1-2-19(26-21-13-22(25-16-24-21)27-8-10-29-11-9-27)15-28(7-1)20-4-3-18-14-23-6-5-17(18)12-20/h3-6,12-14,16,19H,1-2,7-11,15H2,(H,24,25,26)/t19-/m1/s1. The van der Waals surface area contributed by atoms with Crippen LogP contribution in [0.2, 0.25) is 0 Å². The van der Waals surface area contributed by atoms with Crippen LogP contribution in [0.4, 0.5) is 17.3 Å². The van der Waals surface area contributed by atoms with Crippen LogP contribution in [-0.2, 0) is 4.74 Å². The molecule has 5 rings (SSSR count). The zero-order chi connectivity index (χ0) is 19.5. The van der Waals surface area contributed by atoms with Crippen LogP contribution in [0.15, 0.2) is 49.1 Å². The Kier molecular flexibility index (Phi) is 5.13. The number of pyridine rings is 1. The molecular weight excluding hydrogens is 364 g/mol. The summed E-state index contributed by atoms with van der Waals surface area (Å²) in [6.07, 6.45) is 7.73. The molecule has 0 bridgehead atoms. The maximum atomic E-state index is 5.44. The van der Waals surface area contributed by atoms with Gasteiger partial charge < -0.3 is 19.9 Å². The molecule has 1 N–H and O–H groups in total. The van der Waals surface area contributed by atoms with Gasteiger partial charge in [0.2, 0.25) is 0 Å². The molecule has 4 heterocycles. The first-order valence-electron chi connectivity index (χ1n) is 10.4. The van der Waals surface area contributed by atoms with Crippen LogP contribution >= 0.6 is 0 Å². The molecule has 2 aliphatic heterocycles. The van der Waals surface area contributed by atoms with E-state index in [4.69, 9.17) is 4.74 Å². The molecule has 2 fully saturated rings. The molecule has 0 radical (unpaired) electrons. The van der Waals surface area contributed by atoms with Gasteiger partial charge in [-0.1, -0.05) is 6.07 Å². The Morgan fingerprint density at radius 2 is 1.90 bits per heavy atom. The summed E-state index contributed by atoms with van der Waals surface area (Å²) in [5, 5.41) is 6.05. The number of piperidine rings is 1. The van der Waals surface area contributed by atoms with Gasteiger partial charge in [0.1, 0.15) is 18.0 Å². The smallest absolute Gasteiger partial charge is 0.134 e. The van der Waals surface area contributed by atoms with E-state index in [-0.39, 0.29) is 0 Å². The summed E-state index contributed by atoms with van der Waals surface area (Å²) in [5.74, 6) is 1.87. The van der Waals surface area contributed by atoms with Crippen LogP contribution < -0.4 is 15.1 Å². The van der Waals surface area contributed by atoms with Gasteiger partial charge in [0.05, 0.1) is 13.2 Å². The second-order valence-electron chi connectivity index (χ2n) is 7.70. The van der Waals surface area contributed by atoms with E-state index in [1.54, 1.807) is 6.33 Å². The molecule has 150 valence electrons. The average Bonchev–Trinajstić information content (AvgIpc) is 2.80. The van der Waals surface area contributed by atoms with Crippen molar-refractivity contribution < 1.29 is 4.74 Å². The van der Waals surface area contributed by atoms with Crippen molar-refractivity contribution in [2.45, 2.75) is 18.9 Å². The van der Waals surface area contributed by atoms with E-state index in [1.807, 2.05) is 12.4 Å². The molecule has 0 saturated carbocycles. The van der Waals surface area contributed by atoms with Gasteiger partial charge in [-0.2, -0.15) is 0 Å². The highest BCUT2D eigenvalue weighted by Crippen LogP contribution is 2.26. The summed E-state index contributed by atoms with van der Waals surface area (Å²) in [4.78, 5) is 17.8. The van der Waals surface area contributed by atoms with Crippen molar-refractivity contribution in [3.63, 3.8) is 0 Å². The van der Waals surface area contributed by atoms with Gasteiger partial charge >= 0.3 is 0 Å². The van der Waals surface area contributed by atoms with Gasteiger partial charge in [0.25, 0.3) is 0 Å². The van der Waals surface area contributed by atoms with Gasteiger partial charge in [-0.25, -0.2) is 9.97 Å². The van der Waals surface area contributed by atoms with Crippen molar-refractivity contribution in [2.75, 3.05) is 54.5 Å². The Hall–Kier alpha value is -2.93. The molecule has 1 atom stereocenters. The number of hydrogen-bond donors (Lipinski definition) is 1. The fraction of sp³-hybridized carbons (Fsp3) is 0.409. The highest BCUT2D eigenvalue weighted by atomic mass is 16.5. The van der Waals surface area contributed by atoms with E-state index in [0.717, 1.165) is 63.9 Å². The predicted molar refractivity (Wildman–Crippen MR) is 116 cm³/mol. The first-order valence-corrected chi connectivity index (χ1v) is 10.4. The molecule has 1 aromatic carbocycles. The summed E-state index contributed by atoms with van der Waals surface area (Å²) in [6.45, 7) is 5.32. The third-order valence-electron chi connectivity index (χ3n) is 5.75. The SMILES string of the molecule is c1cc2cc(N3CCC[C@@H](Nc4cc(N5CCOCC5)ncn4)C3)ccc2cn1. The molecular formula is C22H26N6O. The van der Waals surface area contributed by atoms with Crippen LogP contribution in [0.25, 0.3) is 10.8 Å². The molecule has 0 aliphatic carbocycles. The molecule has 7 heteroatoms. The molecule has 0 amide bonds. The first kappa shape index (κ1) is 18.1. The third kappa shape index (κ3) is 4.10. The fourth-order valence-electron chi connectivity index (χ4n) is 4.20.